The van der Waals surface area contributed by atoms with Crippen LogP contribution in [0.25, 0.3) is 0 Å². The summed E-state index contributed by atoms with van der Waals surface area (Å²) in [5.41, 5.74) is -0.720. The molecule has 2 atom stereocenters. The van der Waals surface area contributed by atoms with E-state index < -0.39 is 11.7 Å². The molecular weight excluding hydrogens is 285 g/mol. The molecule has 0 amide bonds. The van der Waals surface area contributed by atoms with Crippen molar-refractivity contribution in [2.45, 2.75) is 26.9 Å². The monoisotopic (exact) mass is 304 g/mol. The van der Waals surface area contributed by atoms with Crippen molar-refractivity contribution in [3.05, 3.63) is 29.8 Å². The molecule has 1 aromatic carbocycles. The maximum atomic E-state index is 12.4. The van der Waals surface area contributed by atoms with E-state index in [0.29, 0.717) is 12.4 Å². The Hall–Kier alpha value is -1.72. The van der Waals surface area contributed by atoms with E-state index in [9.17, 15) is 18.0 Å². The second kappa shape index (κ2) is 7.33. The number of hydrogen-bond donors (Lipinski definition) is 0. The number of carbonyl (C=O) groups excluding carboxylic acids is 1. The van der Waals surface area contributed by atoms with Gasteiger partial charge in [0.2, 0.25) is 0 Å². The van der Waals surface area contributed by atoms with Crippen LogP contribution in [0, 0.1) is 11.8 Å². The predicted octanol–water partition coefficient (Wildman–Crippen LogP) is 3.92. The number of esters is 1. The summed E-state index contributed by atoms with van der Waals surface area (Å²) in [6.45, 7) is 5.83. The Morgan fingerprint density at radius 3 is 2.24 bits per heavy atom. The van der Waals surface area contributed by atoms with E-state index in [1.165, 1.54) is 12.1 Å². The summed E-state index contributed by atoms with van der Waals surface area (Å²) in [4.78, 5) is 11.5. The fraction of sp³-hybridized carbons (Fsp3) is 0.533. The minimum atomic E-state index is -4.36. The van der Waals surface area contributed by atoms with Crippen molar-refractivity contribution >= 4 is 5.97 Å². The maximum absolute atomic E-state index is 12.4. The van der Waals surface area contributed by atoms with Gasteiger partial charge in [0.25, 0.3) is 0 Å². The molecule has 21 heavy (non-hydrogen) atoms. The summed E-state index contributed by atoms with van der Waals surface area (Å²) in [6, 6.07) is 4.47. The van der Waals surface area contributed by atoms with E-state index >= 15 is 0 Å². The molecule has 0 aromatic heterocycles. The molecule has 3 nitrogen and oxygen atoms in total. The fourth-order valence-electron chi connectivity index (χ4n) is 1.62. The summed E-state index contributed by atoms with van der Waals surface area (Å²) >= 11 is 0. The molecule has 0 N–H and O–H groups in total. The zero-order valence-electron chi connectivity index (χ0n) is 12.2. The molecule has 6 heteroatoms. The average Bonchev–Trinajstić information content (AvgIpc) is 2.43. The SMILES string of the molecule is CCOC(=O)C(C)C(C)COc1ccc(C(F)(F)F)cc1. The van der Waals surface area contributed by atoms with Gasteiger partial charge in [-0.05, 0) is 31.2 Å². The van der Waals surface area contributed by atoms with Crippen LogP contribution in [0.3, 0.4) is 0 Å². The van der Waals surface area contributed by atoms with Gasteiger partial charge in [0, 0.05) is 5.92 Å². The van der Waals surface area contributed by atoms with Crippen LogP contribution in [0.5, 0.6) is 5.75 Å². The van der Waals surface area contributed by atoms with Gasteiger partial charge in [-0.1, -0.05) is 13.8 Å². The van der Waals surface area contributed by atoms with Crippen molar-refractivity contribution in [3.63, 3.8) is 0 Å². The van der Waals surface area contributed by atoms with Gasteiger partial charge >= 0.3 is 12.1 Å². The van der Waals surface area contributed by atoms with Gasteiger partial charge in [0.1, 0.15) is 5.75 Å². The van der Waals surface area contributed by atoms with Crippen LogP contribution >= 0.6 is 0 Å². The molecule has 1 rings (SSSR count). The molecule has 0 aliphatic heterocycles. The number of hydrogen-bond acceptors (Lipinski definition) is 3. The summed E-state index contributed by atoms with van der Waals surface area (Å²) in [5, 5.41) is 0. The highest BCUT2D eigenvalue weighted by molar-refractivity contribution is 5.72. The lowest BCUT2D eigenvalue weighted by Gasteiger charge is -2.19. The van der Waals surface area contributed by atoms with Gasteiger partial charge in [-0.2, -0.15) is 13.2 Å². The van der Waals surface area contributed by atoms with Gasteiger partial charge in [-0.25, -0.2) is 0 Å². The van der Waals surface area contributed by atoms with E-state index in [2.05, 4.69) is 0 Å². The van der Waals surface area contributed by atoms with Crippen molar-refractivity contribution < 1.29 is 27.4 Å². The Morgan fingerprint density at radius 1 is 1.19 bits per heavy atom. The molecule has 0 spiro atoms. The minimum absolute atomic E-state index is 0.105. The van der Waals surface area contributed by atoms with E-state index in [1.807, 2.05) is 6.92 Å². The molecule has 0 saturated carbocycles. The third kappa shape index (κ3) is 5.28. The quantitative estimate of drug-likeness (QED) is 0.747. The first-order valence-corrected chi connectivity index (χ1v) is 6.72. The topological polar surface area (TPSA) is 35.5 Å². The van der Waals surface area contributed by atoms with Gasteiger partial charge in [-0.15, -0.1) is 0 Å². The molecule has 0 bridgehead atoms. The molecule has 2 unspecified atom stereocenters. The second-order valence-electron chi connectivity index (χ2n) is 4.85. The first-order chi connectivity index (χ1) is 9.75. The molecule has 1 aromatic rings. The lowest BCUT2D eigenvalue weighted by Crippen LogP contribution is -2.25. The van der Waals surface area contributed by atoms with Crippen LogP contribution in [0.1, 0.15) is 26.3 Å². The normalized spacial score (nSPS) is 14.4. The Kier molecular flexibility index (Phi) is 6.05. The molecule has 0 radical (unpaired) electrons. The molecule has 118 valence electrons. The standard InChI is InChI=1S/C15H19F3O3/c1-4-20-14(19)11(3)10(2)9-21-13-7-5-12(6-8-13)15(16,17)18/h5-8,10-11H,4,9H2,1-3H3. The second-order valence-corrected chi connectivity index (χ2v) is 4.85. The van der Waals surface area contributed by atoms with Crippen LogP contribution < -0.4 is 4.74 Å². The zero-order chi connectivity index (χ0) is 16.0. The first-order valence-electron chi connectivity index (χ1n) is 6.72. The minimum Gasteiger partial charge on any atom is -0.493 e. The number of alkyl halides is 3. The summed E-state index contributed by atoms with van der Waals surface area (Å²) < 4.78 is 47.5. The molecule has 0 aliphatic carbocycles. The smallest absolute Gasteiger partial charge is 0.416 e. The number of carbonyl (C=O) groups is 1. The first kappa shape index (κ1) is 17.3. The van der Waals surface area contributed by atoms with E-state index in [-0.39, 0.29) is 24.4 Å². The highest BCUT2D eigenvalue weighted by Gasteiger charge is 2.30. The highest BCUT2D eigenvalue weighted by Crippen LogP contribution is 2.30. The molecular formula is C15H19F3O3. The van der Waals surface area contributed by atoms with E-state index in [0.717, 1.165) is 12.1 Å². The molecule has 0 heterocycles. The number of benzene rings is 1. The zero-order valence-corrected chi connectivity index (χ0v) is 12.2. The lowest BCUT2D eigenvalue weighted by atomic mass is 9.97. The lowest BCUT2D eigenvalue weighted by molar-refractivity contribution is -0.149. The van der Waals surface area contributed by atoms with Crippen molar-refractivity contribution in [2.75, 3.05) is 13.2 Å². The summed E-state index contributed by atoms with van der Waals surface area (Å²) in [5.74, 6) is -0.405. The number of rotatable bonds is 6. The summed E-state index contributed by atoms with van der Waals surface area (Å²) in [6.07, 6.45) is -4.36. The Bertz CT molecular complexity index is 454. The molecule has 0 fully saturated rings. The molecule has 0 aliphatic rings. The molecule has 0 saturated heterocycles. The van der Waals surface area contributed by atoms with Crippen molar-refractivity contribution in [1.82, 2.24) is 0 Å². The van der Waals surface area contributed by atoms with Gasteiger partial charge in [-0.3, -0.25) is 4.79 Å². The Labute approximate surface area is 122 Å². The van der Waals surface area contributed by atoms with Crippen molar-refractivity contribution in [1.29, 1.82) is 0 Å². The highest BCUT2D eigenvalue weighted by atomic mass is 19.4. The van der Waals surface area contributed by atoms with Crippen molar-refractivity contribution in [2.24, 2.45) is 11.8 Å². The van der Waals surface area contributed by atoms with E-state index in [4.69, 9.17) is 9.47 Å². The van der Waals surface area contributed by atoms with Crippen LogP contribution in [-0.2, 0) is 15.7 Å². The van der Waals surface area contributed by atoms with Gasteiger partial charge in [0.15, 0.2) is 0 Å². The Balaban J connectivity index is 2.53. The van der Waals surface area contributed by atoms with Crippen LogP contribution in [0.4, 0.5) is 13.2 Å². The largest absolute Gasteiger partial charge is 0.493 e. The van der Waals surface area contributed by atoms with Crippen LogP contribution in [0.15, 0.2) is 24.3 Å². The third-order valence-electron chi connectivity index (χ3n) is 3.21. The van der Waals surface area contributed by atoms with Crippen LogP contribution in [0.2, 0.25) is 0 Å². The maximum Gasteiger partial charge on any atom is 0.416 e. The Morgan fingerprint density at radius 2 is 1.76 bits per heavy atom. The number of ether oxygens (including phenoxy) is 2. The number of halogens is 3. The van der Waals surface area contributed by atoms with Crippen molar-refractivity contribution in [3.8, 4) is 5.75 Å². The van der Waals surface area contributed by atoms with Gasteiger partial charge in [0.05, 0.1) is 24.7 Å². The average molecular weight is 304 g/mol. The van der Waals surface area contributed by atoms with E-state index in [1.54, 1.807) is 13.8 Å². The van der Waals surface area contributed by atoms with Crippen LogP contribution in [-0.4, -0.2) is 19.2 Å². The fourth-order valence-corrected chi connectivity index (χ4v) is 1.62. The van der Waals surface area contributed by atoms with Gasteiger partial charge < -0.3 is 9.47 Å². The third-order valence-corrected chi connectivity index (χ3v) is 3.21. The summed E-state index contributed by atoms with van der Waals surface area (Å²) in [7, 11) is 0. The predicted molar refractivity (Wildman–Crippen MR) is 71.9 cm³/mol.